The van der Waals surface area contributed by atoms with E-state index in [4.69, 9.17) is 16.3 Å². The van der Waals surface area contributed by atoms with Gasteiger partial charge >= 0.3 is 0 Å². The van der Waals surface area contributed by atoms with Gasteiger partial charge in [-0.05, 0) is 42.8 Å². The summed E-state index contributed by atoms with van der Waals surface area (Å²) in [5.41, 5.74) is 2.30. The Hall–Kier alpha value is -2.24. The van der Waals surface area contributed by atoms with Crippen molar-refractivity contribution in [1.82, 2.24) is 10.2 Å². The molecule has 2 aromatic carbocycles. The number of piperazine rings is 1. The van der Waals surface area contributed by atoms with Gasteiger partial charge in [-0.25, -0.2) is 0 Å². The van der Waals surface area contributed by atoms with Crippen LogP contribution in [0.2, 0.25) is 5.02 Å². The number of hydrogen-bond acceptors (Lipinski definition) is 4. The molecule has 1 fully saturated rings. The second kappa shape index (κ2) is 9.62. The monoisotopic (exact) mass is 387 g/mol. The predicted molar refractivity (Wildman–Crippen MR) is 110 cm³/mol. The molecule has 0 radical (unpaired) electrons. The van der Waals surface area contributed by atoms with Crippen LogP contribution in [0.3, 0.4) is 0 Å². The van der Waals surface area contributed by atoms with Crippen molar-refractivity contribution < 1.29 is 9.53 Å². The first kappa shape index (κ1) is 19.5. The lowest BCUT2D eigenvalue weighted by molar-refractivity contribution is -0.122. The number of rotatable bonds is 7. The maximum absolute atomic E-state index is 12.1. The normalized spacial score (nSPS) is 14.8. The molecule has 2 aromatic rings. The molecule has 27 heavy (non-hydrogen) atoms. The van der Waals surface area contributed by atoms with Crippen molar-refractivity contribution in [2.75, 3.05) is 50.8 Å². The molecule has 1 aliphatic heterocycles. The van der Waals surface area contributed by atoms with E-state index in [1.807, 2.05) is 49.4 Å². The summed E-state index contributed by atoms with van der Waals surface area (Å²) >= 11 is 6.07. The van der Waals surface area contributed by atoms with Crippen molar-refractivity contribution in [2.24, 2.45) is 0 Å². The third-order valence-electron chi connectivity index (χ3n) is 4.60. The molecule has 0 aliphatic carbocycles. The molecule has 1 amide bonds. The lowest BCUT2D eigenvalue weighted by atomic mass is 10.2. The number of carbonyl (C=O) groups is 1. The van der Waals surface area contributed by atoms with Gasteiger partial charge in [0.15, 0.2) is 0 Å². The van der Waals surface area contributed by atoms with Crippen LogP contribution in [0.25, 0.3) is 0 Å². The van der Waals surface area contributed by atoms with Crippen molar-refractivity contribution >= 4 is 23.2 Å². The average Bonchev–Trinajstić information content (AvgIpc) is 2.66. The van der Waals surface area contributed by atoms with Crippen LogP contribution in [0.4, 0.5) is 5.69 Å². The number of amides is 1. The molecular formula is C21H26ClN3O2. The molecule has 5 nitrogen and oxygen atoms in total. The minimum atomic E-state index is 0.0408. The quantitative estimate of drug-likeness (QED) is 0.742. The number of hydrogen-bond donors (Lipinski definition) is 1. The Morgan fingerprint density at radius 1 is 1.11 bits per heavy atom. The van der Waals surface area contributed by atoms with Crippen molar-refractivity contribution in [2.45, 2.75) is 6.92 Å². The van der Waals surface area contributed by atoms with E-state index in [1.165, 1.54) is 0 Å². The van der Waals surface area contributed by atoms with Gasteiger partial charge in [0.25, 0.3) is 0 Å². The molecule has 0 spiro atoms. The van der Waals surface area contributed by atoms with Crippen LogP contribution < -0.4 is 15.0 Å². The molecule has 0 unspecified atom stereocenters. The molecule has 1 aliphatic rings. The Balaban J connectivity index is 1.33. The van der Waals surface area contributed by atoms with E-state index in [0.29, 0.717) is 19.7 Å². The molecule has 1 saturated heterocycles. The van der Waals surface area contributed by atoms with Gasteiger partial charge in [0.1, 0.15) is 12.4 Å². The number of halogens is 1. The van der Waals surface area contributed by atoms with E-state index in [-0.39, 0.29) is 5.91 Å². The number of ether oxygens (including phenoxy) is 1. The van der Waals surface area contributed by atoms with E-state index in [1.54, 1.807) is 0 Å². The van der Waals surface area contributed by atoms with E-state index in [2.05, 4.69) is 21.2 Å². The molecular weight excluding hydrogens is 362 g/mol. The van der Waals surface area contributed by atoms with Crippen molar-refractivity contribution in [3.05, 3.63) is 59.1 Å². The molecule has 0 saturated carbocycles. The van der Waals surface area contributed by atoms with E-state index in [0.717, 1.165) is 48.2 Å². The van der Waals surface area contributed by atoms with Crippen LogP contribution in [0, 0.1) is 6.92 Å². The molecule has 3 rings (SSSR count). The number of nitrogens with one attached hydrogen (secondary N) is 1. The van der Waals surface area contributed by atoms with Crippen LogP contribution >= 0.6 is 11.6 Å². The van der Waals surface area contributed by atoms with Crippen LogP contribution in [0.15, 0.2) is 48.5 Å². The highest BCUT2D eigenvalue weighted by Crippen LogP contribution is 2.20. The molecule has 1 N–H and O–H groups in total. The zero-order valence-electron chi connectivity index (χ0n) is 15.7. The zero-order valence-corrected chi connectivity index (χ0v) is 16.4. The summed E-state index contributed by atoms with van der Waals surface area (Å²) in [6.07, 6.45) is 0. The largest absolute Gasteiger partial charge is 0.492 e. The molecule has 0 aromatic heterocycles. The summed E-state index contributed by atoms with van der Waals surface area (Å²) in [7, 11) is 0. The first-order valence-corrected chi connectivity index (χ1v) is 9.67. The van der Waals surface area contributed by atoms with Gasteiger partial charge in [0, 0.05) is 36.9 Å². The molecule has 6 heteroatoms. The Bertz CT molecular complexity index is 761. The fraction of sp³-hybridized carbons (Fsp3) is 0.381. The van der Waals surface area contributed by atoms with Crippen molar-refractivity contribution in [3.8, 4) is 5.75 Å². The van der Waals surface area contributed by atoms with Gasteiger partial charge in [-0.1, -0.05) is 29.8 Å². The third kappa shape index (κ3) is 6.15. The summed E-state index contributed by atoms with van der Waals surface area (Å²) in [6, 6.07) is 15.8. The number of aryl methyl sites for hydroxylation is 1. The smallest absolute Gasteiger partial charge is 0.234 e. The van der Waals surface area contributed by atoms with Gasteiger partial charge in [0.05, 0.1) is 13.1 Å². The maximum atomic E-state index is 12.1. The highest BCUT2D eigenvalue weighted by Gasteiger charge is 2.19. The lowest BCUT2D eigenvalue weighted by Gasteiger charge is -2.35. The summed E-state index contributed by atoms with van der Waals surface area (Å²) in [6.45, 7) is 6.94. The first-order valence-electron chi connectivity index (χ1n) is 9.29. The molecule has 1 heterocycles. The Morgan fingerprint density at radius 2 is 1.89 bits per heavy atom. The number of benzene rings is 2. The summed E-state index contributed by atoms with van der Waals surface area (Å²) in [5, 5.41) is 3.68. The summed E-state index contributed by atoms with van der Waals surface area (Å²) in [5.74, 6) is 0.875. The molecule has 144 valence electrons. The van der Waals surface area contributed by atoms with Gasteiger partial charge < -0.3 is 15.0 Å². The standard InChI is InChI=1S/C21H26ClN3O2/c1-17-4-2-7-20(14-17)27-13-8-23-21(26)16-24-9-11-25(12-10-24)19-6-3-5-18(22)15-19/h2-7,14-15H,8-13,16H2,1H3,(H,23,26). The van der Waals surface area contributed by atoms with Gasteiger partial charge in [-0.3, -0.25) is 9.69 Å². The predicted octanol–water partition coefficient (Wildman–Crippen LogP) is 2.97. The van der Waals surface area contributed by atoms with Crippen LogP contribution in [-0.4, -0.2) is 56.7 Å². The Kier molecular flexibility index (Phi) is 6.96. The summed E-state index contributed by atoms with van der Waals surface area (Å²) in [4.78, 5) is 16.6. The lowest BCUT2D eigenvalue weighted by Crippen LogP contribution is -2.49. The topological polar surface area (TPSA) is 44.8 Å². The number of carbonyl (C=O) groups excluding carboxylic acids is 1. The van der Waals surface area contributed by atoms with Crippen LogP contribution in [0.5, 0.6) is 5.75 Å². The minimum Gasteiger partial charge on any atom is -0.492 e. The highest BCUT2D eigenvalue weighted by molar-refractivity contribution is 6.30. The number of nitrogens with zero attached hydrogens (tertiary/aromatic N) is 2. The number of anilines is 1. The Morgan fingerprint density at radius 3 is 2.63 bits per heavy atom. The second-order valence-corrected chi connectivity index (χ2v) is 7.19. The van der Waals surface area contributed by atoms with Gasteiger partial charge in [0.2, 0.25) is 5.91 Å². The third-order valence-corrected chi connectivity index (χ3v) is 4.83. The zero-order chi connectivity index (χ0) is 19.1. The van der Waals surface area contributed by atoms with E-state index < -0.39 is 0 Å². The van der Waals surface area contributed by atoms with Crippen LogP contribution in [-0.2, 0) is 4.79 Å². The van der Waals surface area contributed by atoms with E-state index >= 15 is 0 Å². The highest BCUT2D eigenvalue weighted by atomic mass is 35.5. The van der Waals surface area contributed by atoms with Crippen LogP contribution in [0.1, 0.15) is 5.56 Å². The fourth-order valence-electron chi connectivity index (χ4n) is 3.16. The minimum absolute atomic E-state index is 0.0408. The summed E-state index contributed by atoms with van der Waals surface area (Å²) < 4.78 is 5.65. The van der Waals surface area contributed by atoms with Crippen molar-refractivity contribution in [3.63, 3.8) is 0 Å². The average molecular weight is 388 g/mol. The SMILES string of the molecule is Cc1cccc(OCCNC(=O)CN2CCN(c3cccc(Cl)c3)CC2)c1. The molecule has 0 atom stereocenters. The maximum Gasteiger partial charge on any atom is 0.234 e. The fourth-order valence-corrected chi connectivity index (χ4v) is 3.34. The Labute approximate surface area is 165 Å². The first-order chi connectivity index (χ1) is 13.1. The molecule has 0 bridgehead atoms. The van der Waals surface area contributed by atoms with Gasteiger partial charge in [-0.15, -0.1) is 0 Å². The second-order valence-electron chi connectivity index (χ2n) is 6.76. The van der Waals surface area contributed by atoms with E-state index in [9.17, 15) is 4.79 Å². The van der Waals surface area contributed by atoms with Crippen molar-refractivity contribution in [1.29, 1.82) is 0 Å². The van der Waals surface area contributed by atoms with Gasteiger partial charge in [-0.2, -0.15) is 0 Å².